The van der Waals surface area contributed by atoms with Gasteiger partial charge in [0.25, 0.3) is 0 Å². The molecule has 0 amide bonds. The van der Waals surface area contributed by atoms with E-state index in [2.05, 4.69) is 37.6 Å². The highest BCUT2D eigenvalue weighted by atomic mass is 15.3. The minimum atomic E-state index is 0.547. The lowest BCUT2D eigenvalue weighted by Crippen LogP contribution is -2.58. The molecule has 3 heteroatoms. The molecule has 0 radical (unpaired) electrons. The van der Waals surface area contributed by atoms with Gasteiger partial charge in [0.05, 0.1) is 0 Å². The molecule has 2 N–H and O–H groups in total. The van der Waals surface area contributed by atoms with Gasteiger partial charge in [0.15, 0.2) is 0 Å². The van der Waals surface area contributed by atoms with Crippen molar-refractivity contribution in [2.75, 3.05) is 33.2 Å². The molecule has 84 valence electrons. The highest BCUT2D eigenvalue weighted by Crippen LogP contribution is 2.16. The standard InChI is InChI=1S/C11H25N3/c1-9(2)10(3)14-6-5-13(4)8-11(14)7-12/h9-11H,5-8,12H2,1-4H3. The molecule has 3 nitrogen and oxygen atoms in total. The summed E-state index contributed by atoms with van der Waals surface area (Å²) < 4.78 is 0. The van der Waals surface area contributed by atoms with Gasteiger partial charge in [-0.3, -0.25) is 4.90 Å². The van der Waals surface area contributed by atoms with Gasteiger partial charge in [-0.2, -0.15) is 0 Å². The van der Waals surface area contributed by atoms with Crippen LogP contribution >= 0.6 is 0 Å². The van der Waals surface area contributed by atoms with Crippen molar-refractivity contribution in [1.29, 1.82) is 0 Å². The Morgan fingerprint density at radius 1 is 1.29 bits per heavy atom. The van der Waals surface area contributed by atoms with Crippen molar-refractivity contribution in [3.05, 3.63) is 0 Å². The van der Waals surface area contributed by atoms with Crippen molar-refractivity contribution in [1.82, 2.24) is 9.80 Å². The summed E-state index contributed by atoms with van der Waals surface area (Å²) in [6, 6.07) is 1.20. The maximum absolute atomic E-state index is 5.83. The summed E-state index contributed by atoms with van der Waals surface area (Å²) in [5, 5.41) is 0. The van der Waals surface area contributed by atoms with Crippen LogP contribution in [0.1, 0.15) is 20.8 Å². The molecule has 14 heavy (non-hydrogen) atoms. The predicted molar refractivity (Wildman–Crippen MR) is 61.3 cm³/mol. The second-order valence-electron chi connectivity index (χ2n) is 4.87. The molecule has 0 aromatic heterocycles. The molecule has 0 aromatic carbocycles. The zero-order valence-corrected chi connectivity index (χ0v) is 10.0. The van der Waals surface area contributed by atoms with Crippen LogP contribution in [0.2, 0.25) is 0 Å². The first-order chi connectivity index (χ1) is 6.56. The maximum atomic E-state index is 5.83. The van der Waals surface area contributed by atoms with Crippen LogP contribution < -0.4 is 5.73 Å². The monoisotopic (exact) mass is 199 g/mol. The Morgan fingerprint density at radius 3 is 2.43 bits per heavy atom. The summed E-state index contributed by atoms with van der Waals surface area (Å²) in [5.41, 5.74) is 5.83. The molecule has 2 unspecified atom stereocenters. The molecule has 1 aliphatic rings. The summed E-state index contributed by atoms with van der Waals surface area (Å²) in [4.78, 5) is 4.95. The lowest BCUT2D eigenvalue weighted by molar-refractivity contribution is 0.0455. The molecular formula is C11H25N3. The van der Waals surface area contributed by atoms with Gasteiger partial charge in [-0.15, -0.1) is 0 Å². The first kappa shape index (κ1) is 12.0. The van der Waals surface area contributed by atoms with E-state index in [4.69, 9.17) is 5.73 Å². The van der Waals surface area contributed by atoms with E-state index in [1.807, 2.05) is 0 Å². The fraction of sp³-hybridized carbons (Fsp3) is 1.00. The largest absolute Gasteiger partial charge is 0.329 e. The van der Waals surface area contributed by atoms with E-state index in [0.717, 1.165) is 19.6 Å². The Labute approximate surface area is 88.2 Å². The van der Waals surface area contributed by atoms with E-state index in [1.54, 1.807) is 0 Å². The number of nitrogens with two attached hydrogens (primary N) is 1. The van der Waals surface area contributed by atoms with Crippen LogP contribution in [0.5, 0.6) is 0 Å². The number of nitrogens with zero attached hydrogens (tertiary/aromatic N) is 2. The summed E-state index contributed by atoms with van der Waals surface area (Å²) in [6.07, 6.45) is 0. The average molecular weight is 199 g/mol. The van der Waals surface area contributed by atoms with Crippen LogP contribution in [0.3, 0.4) is 0 Å². The van der Waals surface area contributed by atoms with Crippen molar-refractivity contribution >= 4 is 0 Å². The Bertz CT molecular complexity index is 170. The van der Waals surface area contributed by atoms with Crippen LogP contribution in [0.15, 0.2) is 0 Å². The van der Waals surface area contributed by atoms with Crippen molar-refractivity contribution in [2.45, 2.75) is 32.9 Å². The minimum absolute atomic E-state index is 0.547. The molecule has 1 fully saturated rings. The van der Waals surface area contributed by atoms with E-state index < -0.39 is 0 Å². The molecule has 0 aliphatic carbocycles. The third kappa shape index (κ3) is 2.69. The lowest BCUT2D eigenvalue weighted by Gasteiger charge is -2.44. The third-order valence-electron chi connectivity index (χ3n) is 3.49. The van der Waals surface area contributed by atoms with Crippen LogP contribution in [-0.4, -0.2) is 55.1 Å². The van der Waals surface area contributed by atoms with Crippen LogP contribution in [0.25, 0.3) is 0 Å². The van der Waals surface area contributed by atoms with Gasteiger partial charge in [0, 0.05) is 38.3 Å². The summed E-state index contributed by atoms with van der Waals surface area (Å²) in [6.45, 7) is 11.1. The summed E-state index contributed by atoms with van der Waals surface area (Å²) in [5.74, 6) is 0.715. The van der Waals surface area contributed by atoms with Gasteiger partial charge < -0.3 is 10.6 Å². The third-order valence-corrected chi connectivity index (χ3v) is 3.49. The van der Waals surface area contributed by atoms with E-state index in [9.17, 15) is 0 Å². The average Bonchev–Trinajstić information content (AvgIpc) is 2.16. The van der Waals surface area contributed by atoms with Gasteiger partial charge in [-0.25, -0.2) is 0 Å². The number of likely N-dealkylation sites (N-methyl/N-ethyl adjacent to an activating group) is 1. The molecule has 1 rings (SSSR count). The molecule has 1 aliphatic heterocycles. The molecule has 2 atom stereocenters. The van der Waals surface area contributed by atoms with Gasteiger partial charge in [-0.05, 0) is 19.9 Å². The Hall–Kier alpha value is -0.120. The normalized spacial score (nSPS) is 28.3. The minimum Gasteiger partial charge on any atom is -0.329 e. The second kappa shape index (κ2) is 5.10. The van der Waals surface area contributed by atoms with Crippen molar-refractivity contribution in [2.24, 2.45) is 11.7 Å². The Kier molecular flexibility index (Phi) is 4.35. The maximum Gasteiger partial charge on any atom is 0.0349 e. The van der Waals surface area contributed by atoms with E-state index >= 15 is 0 Å². The highest BCUT2D eigenvalue weighted by Gasteiger charge is 2.28. The SMILES string of the molecule is CC(C)C(C)N1CCN(C)CC1CN. The van der Waals surface area contributed by atoms with Crippen molar-refractivity contribution in [3.8, 4) is 0 Å². The van der Waals surface area contributed by atoms with E-state index in [0.29, 0.717) is 18.0 Å². The zero-order valence-electron chi connectivity index (χ0n) is 10.0. The topological polar surface area (TPSA) is 32.5 Å². The predicted octanol–water partition coefficient (Wildman–Crippen LogP) is 0.606. The number of rotatable bonds is 3. The second-order valence-corrected chi connectivity index (χ2v) is 4.87. The van der Waals surface area contributed by atoms with E-state index in [-0.39, 0.29) is 0 Å². The molecule has 0 saturated carbocycles. The van der Waals surface area contributed by atoms with Crippen LogP contribution in [0.4, 0.5) is 0 Å². The fourth-order valence-electron chi connectivity index (χ4n) is 2.15. The highest BCUT2D eigenvalue weighted by molar-refractivity contribution is 4.85. The van der Waals surface area contributed by atoms with Gasteiger partial charge in [0.2, 0.25) is 0 Å². The Morgan fingerprint density at radius 2 is 1.93 bits per heavy atom. The molecular weight excluding hydrogens is 174 g/mol. The van der Waals surface area contributed by atoms with Crippen LogP contribution in [-0.2, 0) is 0 Å². The van der Waals surface area contributed by atoms with Gasteiger partial charge in [0.1, 0.15) is 0 Å². The van der Waals surface area contributed by atoms with Crippen molar-refractivity contribution < 1.29 is 0 Å². The number of piperazine rings is 1. The molecule has 1 heterocycles. The molecule has 0 bridgehead atoms. The number of hydrogen-bond acceptors (Lipinski definition) is 3. The zero-order chi connectivity index (χ0) is 10.7. The summed E-state index contributed by atoms with van der Waals surface area (Å²) >= 11 is 0. The number of hydrogen-bond donors (Lipinski definition) is 1. The van der Waals surface area contributed by atoms with Gasteiger partial charge in [-0.1, -0.05) is 13.8 Å². The van der Waals surface area contributed by atoms with E-state index in [1.165, 1.54) is 6.54 Å². The summed E-state index contributed by atoms with van der Waals surface area (Å²) in [7, 11) is 2.18. The fourth-order valence-corrected chi connectivity index (χ4v) is 2.15. The quantitative estimate of drug-likeness (QED) is 0.723. The van der Waals surface area contributed by atoms with Gasteiger partial charge >= 0.3 is 0 Å². The molecule has 0 spiro atoms. The first-order valence-electron chi connectivity index (χ1n) is 5.70. The molecule has 0 aromatic rings. The first-order valence-corrected chi connectivity index (χ1v) is 5.70. The Balaban J connectivity index is 2.58. The van der Waals surface area contributed by atoms with Crippen molar-refractivity contribution in [3.63, 3.8) is 0 Å². The lowest BCUT2D eigenvalue weighted by atomic mass is 10.0. The van der Waals surface area contributed by atoms with Crippen LogP contribution in [0, 0.1) is 5.92 Å². The smallest absolute Gasteiger partial charge is 0.0349 e. The molecule has 1 saturated heterocycles.